The molecule has 2 fully saturated rings. The van der Waals surface area contributed by atoms with Crippen molar-refractivity contribution in [3.05, 3.63) is 17.5 Å². The summed E-state index contributed by atoms with van der Waals surface area (Å²) in [6.45, 7) is 7.14. The molecule has 1 amide bonds. The van der Waals surface area contributed by atoms with Crippen LogP contribution in [0.5, 0.6) is 0 Å². The number of amides is 1. The average Bonchev–Trinajstić information content (AvgIpc) is 3.16. The number of aryl methyl sites for hydroxylation is 1. The van der Waals surface area contributed by atoms with Crippen molar-refractivity contribution in [3.8, 4) is 0 Å². The third kappa shape index (κ3) is 2.35. The highest BCUT2D eigenvalue weighted by atomic mass is 16.5. The summed E-state index contributed by atoms with van der Waals surface area (Å²) in [5.41, 5.74) is 0.764. The van der Waals surface area contributed by atoms with Gasteiger partial charge in [-0.15, -0.1) is 0 Å². The first-order valence-electron chi connectivity index (χ1n) is 7.69. The van der Waals surface area contributed by atoms with Gasteiger partial charge in [0.15, 0.2) is 0 Å². The Labute approximate surface area is 119 Å². The van der Waals surface area contributed by atoms with Gasteiger partial charge in [0.05, 0.1) is 5.69 Å². The summed E-state index contributed by atoms with van der Waals surface area (Å²) in [5, 5.41) is 3.83. The van der Waals surface area contributed by atoms with Crippen molar-refractivity contribution < 1.29 is 9.32 Å². The molecule has 0 saturated carbocycles. The van der Waals surface area contributed by atoms with Crippen molar-refractivity contribution in [1.82, 2.24) is 15.0 Å². The van der Waals surface area contributed by atoms with E-state index >= 15 is 0 Å². The zero-order valence-corrected chi connectivity index (χ0v) is 12.3. The molecule has 110 valence electrons. The number of carbonyl (C=O) groups is 1. The third-order valence-electron chi connectivity index (χ3n) is 4.66. The maximum Gasteiger partial charge on any atom is 0.292 e. The minimum absolute atomic E-state index is 0.0102. The monoisotopic (exact) mass is 277 g/mol. The van der Waals surface area contributed by atoms with Gasteiger partial charge in [0.1, 0.15) is 0 Å². The van der Waals surface area contributed by atoms with Crippen molar-refractivity contribution in [2.45, 2.75) is 51.6 Å². The first-order chi connectivity index (χ1) is 9.70. The molecule has 0 radical (unpaired) electrons. The highest BCUT2D eigenvalue weighted by Gasteiger charge is 2.40. The molecule has 0 aliphatic carbocycles. The van der Waals surface area contributed by atoms with Crippen LogP contribution in [-0.2, 0) is 0 Å². The van der Waals surface area contributed by atoms with Crippen molar-refractivity contribution in [1.29, 1.82) is 0 Å². The van der Waals surface area contributed by atoms with Crippen LogP contribution in [0.25, 0.3) is 0 Å². The number of likely N-dealkylation sites (tertiary alicyclic amines) is 2. The van der Waals surface area contributed by atoms with Crippen molar-refractivity contribution in [2.75, 3.05) is 19.6 Å². The average molecular weight is 277 g/mol. The summed E-state index contributed by atoms with van der Waals surface area (Å²) >= 11 is 0. The Hall–Kier alpha value is -1.36. The predicted octanol–water partition coefficient (Wildman–Crippen LogP) is 2.07. The fraction of sp³-hybridized carbons (Fsp3) is 0.733. The van der Waals surface area contributed by atoms with Crippen LogP contribution in [0, 0.1) is 6.92 Å². The lowest BCUT2D eigenvalue weighted by Crippen LogP contribution is -2.48. The molecule has 0 spiro atoms. The molecular weight excluding hydrogens is 254 g/mol. The minimum Gasteiger partial charge on any atom is -0.351 e. The van der Waals surface area contributed by atoms with E-state index in [9.17, 15) is 4.79 Å². The second kappa shape index (κ2) is 5.56. The minimum atomic E-state index is 0.0102. The molecule has 5 heteroatoms. The van der Waals surface area contributed by atoms with Crippen LogP contribution in [0.15, 0.2) is 10.6 Å². The van der Waals surface area contributed by atoms with Crippen molar-refractivity contribution in [3.63, 3.8) is 0 Å². The molecule has 2 atom stereocenters. The summed E-state index contributed by atoms with van der Waals surface area (Å²) in [6.07, 6.45) is 4.66. The Kier molecular flexibility index (Phi) is 3.78. The van der Waals surface area contributed by atoms with Crippen LogP contribution < -0.4 is 0 Å². The number of carbonyl (C=O) groups excluding carboxylic acids is 1. The van der Waals surface area contributed by atoms with Gasteiger partial charge in [-0.25, -0.2) is 0 Å². The van der Waals surface area contributed by atoms with Gasteiger partial charge in [-0.1, -0.05) is 12.1 Å². The van der Waals surface area contributed by atoms with Crippen molar-refractivity contribution in [2.24, 2.45) is 0 Å². The molecule has 0 unspecified atom stereocenters. The Morgan fingerprint density at radius 2 is 2.10 bits per heavy atom. The quantitative estimate of drug-likeness (QED) is 0.848. The zero-order valence-electron chi connectivity index (χ0n) is 12.3. The van der Waals surface area contributed by atoms with E-state index in [-0.39, 0.29) is 5.91 Å². The molecule has 3 rings (SSSR count). The van der Waals surface area contributed by atoms with E-state index in [4.69, 9.17) is 4.52 Å². The number of aromatic nitrogens is 1. The lowest BCUT2D eigenvalue weighted by Gasteiger charge is -2.34. The summed E-state index contributed by atoms with van der Waals surface area (Å²) in [6, 6.07) is 2.61. The predicted molar refractivity (Wildman–Crippen MR) is 75.6 cm³/mol. The van der Waals surface area contributed by atoms with E-state index in [1.807, 2.05) is 11.8 Å². The van der Waals surface area contributed by atoms with Gasteiger partial charge >= 0.3 is 0 Å². The van der Waals surface area contributed by atoms with E-state index < -0.39 is 0 Å². The van der Waals surface area contributed by atoms with Crippen LogP contribution >= 0.6 is 0 Å². The van der Waals surface area contributed by atoms with Crippen LogP contribution in [-0.4, -0.2) is 52.6 Å². The molecule has 0 aromatic carbocycles. The molecular formula is C15H23N3O2. The lowest BCUT2D eigenvalue weighted by atomic mass is 10.0. The van der Waals surface area contributed by atoms with E-state index in [0.29, 0.717) is 17.8 Å². The van der Waals surface area contributed by atoms with Gasteiger partial charge in [-0.3, -0.25) is 9.69 Å². The third-order valence-corrected chi connectivity index (χ3v) is 4.66. The van der Waals surface area contributed by atoms with Gasteiger partial charge in [0.2, 0.25) is 5.76 Å². The fourth-order valence-corrected chi connectivity index (χ4v) is 3.73. The SMILES string of the molecule is CCN1CCC[C@H]1[C@H]1CCCN1C(=O)c1cc(C)no1. The first kappa shape index (κ1) is 13.6. The number of nitrogens with zero attached hydrogens (tertiary/aromatic N) is 3. The van der Waals surface area contributed by atoms with Gasteiger partial charge < -0.3 is 9.42 Å². The molecule has 2 aliphatic rings. The normalized spacial score (nSPS) is 27.4. The van der Waals surface area contributed by atoms with Crippen LogP contribution in [0.1, 0.15) is 48.9 Å². The summed E-state index contributed by atoms with van der Waals surface area (Å²) < 4.78 is 5.15. The molecule has 20 heavy (non-hydrogen) atoms. The summed E-state index contributed by atoms with van der Waals surface area (Å²) in [7, 11) is 0. The van der Waals surface area contributed by atoms with Crippen LogP contribution in [0.2, 0.25) is 0 Å². The van der Waals surface area contributed by atoms with E-state index in [2.05, 4.69) is 17.0 Å². The standard InChI is InChI=1S/C15H23N3O2/c1-3-17-8-4-6-12(17)13-7-5-9-18(13)15(19)14-10-11(2)16-20-14/h10,12-13H,3-9H2,1-2H3/t12-,13+/m0/s1. The number of hydrogen-bond donors (Lipinski definition) is 0. The second-order valence-corrected chi connectivity index (χ2v) is 5.88. The molecule has 0 bridgehead atoms. The van der Waals surface area contributed by atoms with Crippen LogP contribution in [0.3, 0.4) is 0 Å². The molecule has 5 nitrogen and oxygen atoms in total. The summed E-state index contributed by atoms with van der Waals surface area (Å²) in [4.78, 5) is 17.1. The number of rotatable bonds is 3. The number of hydrogen-bond acceptors (Lipinski definition) is 4. The van der Waals surface area contributed by atoms with E-state index in [1.54, 1.807) is 6.07 Å². The molecule has 0 N–H and O–H groups in total. The van der Waals surface area contributed by atoms with Gasteiger partial charge in [-0.2, -0.15) is 0 Å². The number of likely N-dealkylation sites (N-methyl/N-ethyl adjacent to an activating group) is 1. The Morgan fingerprint density at radius 1 is 1.35 bits per heavy atom. The van der Waals surface area contributed by atoms with Gasteiger partial charge in [0, 0.05) is 24.7 Å². The molecule has 3 heterocycles. The van der Waals surface area contributed by atoms with Gasteiger partial charge in [0.25, 0.3) is 5.91 Å². The van der Waals surface area contributed by atoms with Crippen molar-refractivity contribution >= 4 is 5.91 Å². The lowest BCUT2D eigenvalue weighted by molar-refractivity contribution is 0.0609. The molecule has 2 aliphatic heterocycles. The molecule has 1 aromatic rings. The smallest absolute Gasteiger partial charge is 0.292 e. The second-order valence-electron chi connectivity index (χ2n) is 5.88. The molecule has 2 saturated heterocycles. The van der Waals surface area contributed by atoms with Gasteiger partial charge in [-0.05, 0) is 45.7 Å². The van der Waals surface area contributed by atoms with E-state index in [0.717, 1.165) is 31.6 Å². The Bertz CT molecular complexity index is 485. The highest BCUT2D eigenvalue weighted by Crippen LogP contribution is 2.30. The van der Waals surface area contributed by atoms with Crippen LogP contribution in [0.4, 0.5) is 0 Å². The largest absolute Gasteiger partial charge is 0.351 e. The fourth-order valence-electron chi connectivity index (χ4n) is 3.73. The first-order valence-corrected chi connectivity index (χ1v) is 7.69. The highest BCUT2D eigenvalue weighted by molar-refractivity contribution is 5.92. The maximum atomic E-state index is 12.6. The van der Waals surface area contributed by atoms with E-state index in [1.165, 1.54) is 19.4 Å². The topological polar surface area (TPSA) is 49.6 Å². The Balaban J connectivity index is 1.77. The summed E-state index contributed by atoms with van der Waals surface area (Å²) in [5.74, 6) is 0.395. The zero-order chi connectivity index (χ0) is 14.1. The molecule has 1 aromatic heterocycles. The Morgan fingerprint density at radius 3 is 2.80 bits per heavy atom. The maximum absolute atomic E-state index is 12.6.